The van der Waals surface area contributed by atoms with Crippen LogP contribution in [0, 0.1) is 0 Å². The molecule has 254 valence electrons. The molecule has 0 fully saturated rings. The molecule has 0 unspecified atom stereocenters. The van der Waals surface area contributed by atoms with Crippen molar-refractivity contribution in [1.82, 2.24) is 18.5 Å². The van der Waals surface area contributed by atoms with Crippen molar-refractivity contribution in [2.45, 2.75) is 55.3 Å². The van der Waals surface area contributed by atoms with Gasteiger partial charge in [-0.1, -0.05) is 0 Å². The van der Waals surface area contributed by atoms with Crippen molar-refractivity contribution in [3.05, 3.63) is 0 Å². The quantitative estimate of drug-likeness (QED) is 0.0823. The van der Waals surface area contributed by atoms with Crippen LogP contribution in [0.4, 0.5) is 0 Å². The van der Waals surface area contributed by atoms with Gasteiger partial charge in [-0.05, 0) is 0 Å². The molecule has 0 aliphatic carbocycles. The van der Waals surface area contributed by atoms with E-state index in [-0.39, 0.29) is 31.9 Å². The lowest BCUT2D eigenvalue weighted by Crippen LogP contribution is -2.42. The first-order valence-corrected chi connectivity index (χ1v) is 9.51. The normalized spacial score (nSPS) is 9.84. The Labute approximate surface area is 246 Å². The van der Waals surface area contributed by atoms with E-state index in [1.807, 2.05) is 0 Å². The van der Waals surface area contributed by atoms with Crippen LogP contribution in [-0.2, 0) is 43.2 Å². The highest BCUT2D eigenvalue weighted by atomic mass is 32.1. The molecule has 0 aliphatic heterocycles. The molecular formula is C18H35N3O21S. The predicted octanol–water partition coefficient (Wildman–Crippen LogP) is -3.15. The van der Waals surface area contributed by atoms with Gasteiger partial charge < -0.3 is 79.7 Å². The predicted molar refractivity (Wildman–Crippen MR) is 137 cm³/mol. The minimum absolute atomic E-state index is 0. The van der Waals surface area contributed by atoms with E-state index in [1.54, 1.807) is 0 Å². The zero-order chi connectivity index (χ0) is 31.9. The summed E-state index contributed by atoms with van der Waals surface area (Å²) >= 11 is 0. The van der Waals surface area contributed by atoms with Crippen molar-refractivity contribution in [2.75, 3.05) is 0 Å². The van der Waals surface area contributed by atoms with Gasteiger partial charge in [-0.25, -0.2) is 14.4 Å². The van der Waals surface area contributed by atoms with Gasteiger partial charge in [-0.15, -0.1) is 0 Å². The van der Waals surface area contributed by atoms with E-state index >= 15 is 0 Å². The minimum Gasteiger partial charge on any atom is -0.481 e. The summed E-state index contributed by atoms with van der Waals surface area (Å²) in [6.07, 6.45) is -6.87. The summed E-state index contributed by atoms with van der Waals surface area (Å²) in [7, 11) is 0. The molecule has 0 aromatic rings. The van der Waals surface area contributed by atoms with Crippen molar-refractivity contribution >= 4 is 67.2 Å². The Hall–Kier alpha value is -4.66. The second kappa shape index (κ2) is 23.0. The topological polar surface area (TPSA) is 501 Å². The fourth-order valence-electron chi connectivity index (χ4n) is 2.14. The van der Waals surface area contributed by atoms with E-state index in [2.05, 4.69) is 0 Å². The molecular weight excluding hydrogens is 626 g/mol. The summed E-state index contributed by atoms with van der Waals surface area (Å²) < 4.78 is 0. The van der Waals surface area contributed by atoms with Gasteiger partial charge in [0, 0.05) is 0 Å². The summed E-state index contributed by atoms with van der Waals surface area (Å²) in [6.45, 7) is 0. The fourth-order valence-corrected chi connectivity index (χ4v) is 2.14. The number of aliphatic carboxylic acids is 9. The smallest absolute Gasteiger partial charge is 0.336 e. The Morgan fingerprint density at radius 1 is 0.326 bits per heavy atom. The maximum atomic E-state index is 10.3. The van der Waals surface area contributed by atoms with Crippen LogP contribution in [0.2, 0.25) is 0 Å². The molecule has 25 heteroatoms. The van der Waals surface area contributed by atoms with Crippen LogP contribution in [0.3, 0.4) is 0 Å². The van der Waals surface area contributed by atoms with Gasteiger partial charge in [0.05, 0.1) is 38.5 Å². The highest BCUT2D eigenvalue weighted by Gasteiger charge is 2.42. The number of aliphatic hydroxyl groups is 3. The average Bonchev–Trinajstić information content (AvgIpc) is 2.64. The number of carboxylic acid groups (broad SMARTS) is 9. The van der Waals surface area contributed by atoms with Gasteiger partial charge in [0.25, 0.3) is 0 Å². The van der Waals surface area contributed by atoms with Gasteiger partial charge >= 0.3 is 53.7 Å². The van der Waals surface area contributed by atoms with Crippen LogP contribution in [-0.4, -0.2) is 132 Å². The Morgan fingerprint density at radius 3 is 0.465 bits per heavy atom. The number of carboxylic acids is 9. The van der Waals surface area contributed by atoms with Crippen molar-refractivity contribution < 1.29 is 104 Å². The van der Waals surface area contributed by atoms with Crippen LogP contribution in [0.25, 0.3) is 0 Å². The standard InChI is InChI=1S/3C6H8O7.3H3N.H2S/c3*7-3(8)1-6(13,5(11)12)2-4(9)10;;;;/h3*13H,1-2H2,(H,7,8)(H,9,10)(H,11,12);3*1H3;1H2. The largest absolute Gasteiger partial charge is 0.481 e. The molecule has 0 saturated heterocycles. The Balaban J connectivity index is -0.0000000864. The second-order valence-electron chi connectivity index (χ2n) is 7.43. The summed E-state index contributed by atoms with van der Waals surface area (Å²) in [5, 5.41) is 101. The summed E-state index contributed by atoms with van der Waals surface area (Å²) in [6, 6.07) is 0. The molecule has 0 aromatic carbocycles. The van der Waals surface area contributed by atoms with Crippen molar-refractivity contribution in [3.63, 3.8) is 0 Å². The van der Waals surface area contributed by atoms with E-state index in [4.69, 9.17) is 61.3 Å². The molecule has 24 nitrogen and oxygen atoms in total. The first kappa shape index (κ1) is 54.4. The van der Waals surface area contributed by atoms with Crippen LogP contribution in [0.5, 0.6) is 0 Å². The lowest BCUT2D eigenvalue weighted by molar-refractivity contribution is -0.170. The summed E-state index contributed by atoms with van der Waals surface area (Å²) in [5.41, 5.74) is -8.22. The lowest BCUT2D eigenvalue weighted by atomic mass is 9.96. The molecule has 0 spiro atoms. The lowest BCUT2D eigenvalue weighted by Gasteiger charge is -2.18. The average molecular weight is 662 g/mol. The van der Waals surface area contributed by atoms with Crippen LogP contribution in [0.1, 0.15) is 38.5 Å². The third-order valence-corrected chi connectivity index (χ3v) is 3.86. The number of hydrogen-bond donors (Lipinski definition) is 15. The summed E-state index contributed by atoms with van der Waals surface area (Å²) in [5.74, 6) is -15.1. The Kier molecular flexibility index (Phi) is 29.1. The molecule has 0 radical (unpaired) electrons. The minimum atomic E-state index is -2.74. The third-order valence-electron chi connectivity index (χ3n) is 3.86. The molecule has 0 atom stereocenters. The zero-order valence-electron chi connectivity index (χ0n) is 21.9. The first-order valence-electron chi connectivity index (χ1n) is 9.51. The molecule has 0 amide bonds. The number of rotatable bonds is 15. The highest BCUT2D eigenvalue weighted by molar-refractivity contribution is 7.59. The molecule has 0 aliphatic rings. The maximum absolute atomic E-state index is 10.3. The zero-order valence-corrected chi connectivity index (χ0v) is 22.9. The number of carbonyl (C=O) groups is 9. The van der Waals surface area contributed by atoms with Gasteiger partial charge in [0.15, 0.2) is 16.8 Å². The summed E-state index contributed by atoms with van der Waals surface area (Å²) in [4.78, 5) is 91.5. The van der Waals surface area contributed by atoms with Crippen molar-refractivity contribution in [3.8, 4) is 0 Å². The van der Waals surface area contributed by atoms with Crippen LogP contribution in [0.15, 0.2) is 0 Å². The Bertz CT molecular complexity index is 828. The molecule has 43 heavy (non-hydrogen) atoms. The highest BCUT2D eigenvalue weighted by Crippen LogP contribution is 2.17. The molecule has 0 aromatic heterocycles. The van der Waals surface area contributed by atoms with E-state index in [0.717, 1.165) is 0 Å². The van der Waals surface area contributed by atoms with Crippen LogP contribution < -0.4 is 18.5 Å². The van der Waals surface area contributed by atoms with E-state index in [1.165, 1.54) is 0 Å². The van der Waals surface area contributed by atoms with Crippen LogP contribution >= 0.6 is 13.5 Å². The molecule has 0 saturated carbocycles. The fraction of sp³-hybridized carbons (Fsp3) is 0.500. The van der Waals surface area contributed by atoms with Gasteiger partial charge in [-0.3, -0.25) is 28.8 Å². The monoisotopic (exact) mass is 661 g/mol. The molecule has 0 heterocycles. The molecule has 21 N–H and O–H groups in total. The van der Waals surface area contributed by atoms with E-state index in [0.29, 0.717) is 0 Å². The molecule has 0 bridgehead atoms. The van der Waals surface area contributed by atoms with Gasteiger partial charge in [-0.2, -0.15) is 13.5 Å². The van der Waals surface area contributed by atoms with Gasteiger partial charge in [0.2, 0.25) is 0 Å². The number of hydrogen-bond acceptors (Lipinski definition) is 15. The Morgan fingerprint density at radius 2 is 0.419 bits per heavy atom. The maximum Gasteiger partial charge on any atom is 0.336 e. The van der Waals surface area contributed by atoms with E-state index in [9.17, 15) is 43.2 Å². The van der Waals surface area contributed by atoms with Crippen molar-refractivity contribution in [2.24, 2.45) is 0 Å². The van der Waals surface area contributed by atoms with Crippen molar-refractivity contribution in [1.29, 1.82) is 0 Å². The second-order valence-corrected chi connectivity index (χ2v) is 7.43. The molecule has 0 rings (SSSR count). The van der Waals surface area contributed by atoms with E-state index < -0.39 is 109 Å². The van der Waals surface area contributed by atoms with Gasteiger partial charge in [0.1, 0.15) is 0 Å². The third kappa shape index (κ3) is 24.8. The SMILES string of the molecule is N.N.N.O=C(O)CC(O)(CC(=O)O)C(=O)O.O=C(O)CC(O)(CC(=O)O)C(=O)O.O=C(O)CC(O)(CC(=O)O)C(=O)O.S. The first-order chi connectivity index (χ1) is 17.3.